The first-order valence-electron chi connectivity index (χ1n) is 6.52. The molecule has 0 aliphatic carbocycles. The maximum Gasteiger partial charge on any atom is 0.419 e. The molecule has 0 saturated heterocycles. The molecule has 3 N–H and O–H groups in total. The SMILES string of the molecule is CC(C)CC(CN)NC(=O)c1ccc(F)c(C(F)(F)F)c1.Cl. The van der Waals surface area contributed by atoms with E-state index in [4.69, 9.17) is 5.73 Å². The minimum absolute atomic E-state index is 0. The maximum absolute atomic E-state index is 13.2. The number of alkyl halides is 3. The molecule has 22 heavy (non-hydrogen) atoms. The van der Waals surface area contributed by atoms with Gasteiger partial charge in [0.2, 0.25) is 0 Å². The Morgan fingerprint density at radius 3 is 2.36 bits per heavy atom. The number of nitrogens with one attached hydrogen (secondary N) is 1. The van der Waals surface area contributed by atoms with Crippen LogP contribution in [0, 0.1) is 11.7 Å². The number of rotatable bonds is 5. The monoisotopic (exact) mass is 342 g/mol. The summed E-state index contributed by atoms with van der Waals surface area (Å²) in [4.78, 5) is 11.9. The lowest BCUT2D eigenvalue weighted by Gasteiger charge is -2.19. The first-order valence-corrected chi connectivity index (χ1v) is 6.52. The highest BCUT2D eigenvalue weighted by molar-refractivity contribution is 5.94. The van der Waals surface area contributed by atoms with Gasteiger partial charge < -0.3 is 11.1 Å². The van der Waals surface area contributed by atoms with Crippen LogP contribution in [-0.4, -0.2) is 18.5 Å². The Morgan fingerprint density at radius 2 is 1.91 bits per heavy atom. The normalized spacial score (nSPS) is 12.7. The van der Waals surface area contributed by atoms with Gasteiger partial charge in [0, 0.05) is 18.2 Å². The zero-order chi connectivity index (χ0) is 16.2. The number of carbonyl (C=O) groups excluding carboxylic acids is 1. The van der Waals surface area contributed by atoms with Crippen LogP contribution in [-0.2, 0) is 6.18 Å². The fourth-order valence-corrected chi connectivity index (χ4v) is 1.94. The Labute approximate surface area is 132 Å². The van der Waals surface area contributed by atoms with Crippen LogP contribution in [0.25, 0.3) is 0 Å². The van der Waals surface area contributed by atoms with Crippen molar-refractivity contribution in [3.8, 4) is 0 Å². The van der Waals surface area contributed by atoms with Crippen molar-refractivity contribution in [2.45, 2.75) is 32.5 Å². The summed E-state index contributed by atoms with van der Waals surface area (Å²) in [5, 5.41) is 2.56. The first-order chi connectivity index (χ1) is 9.65. The van der Waals surface area contributed by atoms with Crippen molar-refractivity contribution in [2.75, 3.05) is 6.54 Å². The summed E-state index contributed by atoms with van der Waals surface area (Å²) < 4.78 is 51.0. The zero-order valence-electron chi connectivity index (χ0n) is 12.2. The molecule has 0 radical (unpaired) electrons. The summed E-state index contributed by atoms with van der Waals surface area (Å²) in [5.74, 6) is -1.83. The van der Waals surface area contributed by atoms with Crippen molar-refractivity contribution in [1.29, 1.82) is 0 Å². The van der Waals surface area contributed by atoms with Crippen molar-refractivity contribution >= 4 is 18.3 Å². The van der Waals surface area contributed by atoms with Gasteiger partial charge in [0.1, 0.15) is 5.82 Å². The molecule has 3 nitrogen and oxygen atoms in total. The van der Waals surface area contributed by atoms with Gasteiger partial charge in [-0.1, -0.05) is 13.8 Å². The van der Waals surface area contributed by atoms with E-state index in [1.165, 1.54) is 0 Å². The van der Waals surface area contributed by atoms with E-state index in [9.17, 15) is 22.4 Å². The predicted molar refractivity (Wildman–Crippen MR) is 78.4 cm³/mol. The number of carbonyl (C=O) groups is 1. The van der Waals surface area contributed by atoms with Crippen LogP contribution in [0.2, 0.25) is 0 Å². The summed E-state index contributed by atoms with van der Waals surface area (Å²) in [6, 6.07) is 1.82. The number of hydrogen-bond acceptors (Lipinski definition) is 2. The summed E-state index contributed by atoms with van der Waals surface area (Å²) in [5.41, 5.74) is 3.82. The third-order valence-electron chi connectivity index (χ3n) is 2.91. The molecule has 126 valence electrons. The molecule has 1 aromatic carbocycles. The fraction of sp³-hybridized carbons (Fsp3) is 0.500. The minimum atomic E-state index is -4.84. The molecule has 1 amide bonds. The van der Waals surface area contributed by atoms with Gasteiger partial charge in [-0.3, -0.25) is 4.79 Å². The topological polar surface area (TPSA) is 55.1 Å². The van der Waals surface area contributed by atoms with Crippen LogP contribution in [0.1, 0.15) is 36.2 Å². The molecule has 0 aliphatic rings. The Hall–Kier alpha value is -1.34. The third-order valence-corrected chi connectivity index (χ3v) is 2.91. The average Bonchev–Trinajstić information content (AvgIpc) is 2.36. The van der Waals surface area contributed by atoms with Crippen molar-refractivity contribution < 1.29 is 22.4 Å². The second-order valence-electron chi connectivity index (χ2n) is 5.23. The molecule has 0 aliphatic heterocycles. The van der Waals surface area contributed by atoms with E-state index in [-0.39, 0.29) is 36.5 Å². The largest absolute Gasteiger partial charge is 0.419 e. The second kappa shape index (κ2) is 8.33. The molecule has 0 saturated carbocycles. The van der Waals surface area contributed by atoms with Crippen molar-refractivity contribution in [3.05, 3.63) is 35.1 Å². The van der Waals surface area contributed by atoms with E-state index in [2.05, 4.69) is 5.32 Å². The molecule has 0 fully saturated rings. The molecule has 1 atom stereocenters. The number of hydrogen-bond donors (Lipinski definition) is 2. The van der Waals surface area contributed by atoms with Crippen LogP contribution in [0.5, 0.6) is 0 Å². The lowest BCUT2D eigenvalue weighted by molar-refractivity contribution is -0.140. The molecule has 1 aromatic rings. The summed E-state index contributed by atoms with van der Waals surface area (Å²) in [7, 11) is 0. The Balaban J connectivity index is 0.00000441. The van der Waals surface area contributed by atoms with E-state index in [1.807, 2.05) is 13.8 Å². The predicted octanol–water partition coefficient (Wildman–Crippen LogP) is 3.37. The summed E-state index contributed by atoms with van der Waals surface area (Å²) in [6.07, 6.45) is -4.23. The second-order valence-corrected chi connectivity index (χ2v) is 5.23. The molecule has 1 unspecified atom stereocenters. The molecule has 0 heterocycles. The van der Waals surface area contributed by atoms with Crippen molar-refractivity contribution in [2.24, 2.45) is 11.7 Å². The summed E-state index contributed by atoms with van der Waals surface area (Å²) in [6.45, 7) is 4.06. The smallest absolute Gasteiger partial charge is 0.348 e. The van der Waals surface area contributed by atoms with Gasteiger partial charge in [0.05, 0.1) is 5.56 Å². The van der Waals surface area contributed by atoms with E-state index < -0.39 is 23.5 Å². The quantitative estimate of drug-likeness (QED) is 0.806. The lowest BCUT2D eigenvalue weighted by atomic mass is 10.0. The van der Waals surface area contributed by atoms with Gasteiger partial charge in [-0.15, -0.1) is 12.4 Å². The number of amides is 1. The van der Waals surface area contributed by atoms with Crippen LogP contribution in [0.3, 0.4) is 0 Å². The number of benzene rings is 1. The molecule has 0 spiro atoms. The molecular formula is C14H19ClF4N2O. The van der Waals surface area contributed by atoms with E-state index >= 15 is 0 Å². The highest BCUT2D eigenvalue weighted by Crippen LogP contribution is 2.31. The maximum atomic E-state index is 13.2. The van der Waals surface area contributed by atoms with Gasteiger partial charge >= 0.3 is 6.18 Å². The van der Waals surface area contributed by atoms with Gasteiger partial charge in [-0.2, -0.15) is 13.2 Å². The van der Waals surface area contributed by atoms with E-state index in [0.717, 1.165) is 6.07 Å². The van der Waals surface area contributed by atoms with E-state index in [0.29, 0.717) is 18.6 Å². The van der Waals surface area contributed by atoms with Crippen LogP contribution in [0.15, 0.2) is 18.2 Å². The summed E-state index contributed by atoms with van der Waals surface area (Å²) >= 11 is 0. The van der Waals surface area contributed by atoms with Gasteiger partial charge in [0.25, 0.3) is 5.91 Å². The van der Waals surface area contributed by atoms with E-state index in [1.54, 1.807) is 0 Å². The first kappa shape index (κ1) is 20.7. The average molecular weight is 343 g/mol. The number of halogens is 5. The van der Waals surface area contributed by atoms with Crippen LogP contribution in [0.4, 0.5) is 17.6 Å². The molecule has 0 bridgehead atoms. The minimum Gasteiger partial charge on any atom is -0.348 e. The van der Waals surface area contributed by atoms with Gasteiger partial charge in [-0.05, 0) is 30.5 Å². The van der Waals surface area contributed by atoms with Crippen LogP contribution >= 0.6 is 12.4 Å². The van der Waals surface area contributed by atoms with Crippen LogP contribution < -0.4 is 11.1 Å². The molecular weight excluding hydrogens is 324 g/mol. The Bertz CT molecular complexity index is 506. The zero-order valence-corrected chi connectivity index (χ0v) is 13.0. The van der Waals surface area contributed by atoms with Gasteiger partial charge in [-0.25, -0.2) is 4.39 Å². The standard InChI is InChI=1S/C14H18F4N2O.ClH/c1-8(2)5-10(7-19)20-13(21)9-3-4-12(15)11(6-9)14(16,17)18;/h3-4,6,8,10H,5,7,19H2,1-2H3,(H,20,21);1H. The van der Waals surface area contributed by atoms with Crippen molar-refractivity contribution in [3.63, 3.8) is 0 Å². The Kier molecular flexibility index (Phi) is 7.83. The molecule has 8 heteroatoms. The molecule has 0 aromatic heterocycles. The van der Waals surface area contributed by atoms with Gasteiger partial charge in [0.15, 0.2) is 0 Å². The van der Waals surface area contributed by atoms with Crippen molar-refractivity contribution in [1.82, 2.24) is 5.32 Å². The molecule has 1 rings (SSSR count). The number of nitrogens with two attached hydrogens (primary N) is 1. The third kappa shape index (κ3) is 5.81. The fourth-order valence-electron chi connectivity index (χ4n) is 1.94. The highest BCUT2D eigenvalue weighted by Gasteiger charge is 2.34. The Morgan fingerprint density at radius 1 is 1.32 bits per heavy atom. The highest BCUT2D eigenvalue weighted by atomic mass is 35.5. The lowest BCUT2D eigenvalue weighted by Crippen LogP contribution is -2.41.